The van der Waals surface area contributed by atoms with Crippen LogP contribution < -0.4 is 0 Å². The first kappa shape index (κ1) is 12.6. The van der Waals surface area contributed by atoms with Crippen molar-refractivity contribution in [2.45, 2.75) is 64.5 Å². The summed E-state index contributed by atoms with van der Waals surface area (Å²) in [5, 5.41) is 14.7. The molecule has 1 atom stereocenters. The van der Waals surface area contributed by atoms with Gasteiger partial charge in [0.2, 0.25) is 0 Å². The molecule has 0 aliphatic heterocycles. The Hall–Kier alpha value is -0.830. The van der Waals surface area contributed by atoms with Crippen molar-refractivity contribution in [2.75, 3.05) is 0 Å². The first-order chi connectivity index (χ1) is 8.31. The Morgan fingerprint density at radius 2 is 2.06 bits per heavy atom. The number of nitrogens with zero attached hydrogens (tertiary/aromatic N) is 2. The zero-order chi connectivity index (χ0) is 12.1. The van der Waals surface area contributed by atoms with E-state index in [9.17, 15) is 5.11 Å². The second-order valence-corrected chi connectivity index (χ2v) is 5.23. The fourth-order valence-corrected chi connectivity index (χ4v) is 2.78. The lowest BCUT2D eigenvalue weighted by molar-refractivity contribution is 0.0987. The van der Waals surface area contributed by atoms with Crippen LogP contribution in [0.5, 0.6) is 0 Å². The lowest BCUT2D eigenvalue weighted by Crippen LogP contribution is -2.11. The topological polar surface area (TPSA) is 38.0 Å². The third-order valence-corrected chi connectivity index (χ3v) is 3.79. The summed E-state index contributed by atoms with van der Waals surface area (Å²) < 4.78 is 1.94. The largest absolute Gasteiger partial charge is 0.388 e. The molecule has 0 spiro atoms. The Balaban J connectivity index is 1.98. The van der Waals surface area contributed by atoms with Crippen molar-refractivity contribution in [1.82, 2.24) is 9.78 Å². The van der Waals surface area contributed by atoms with E-state index in [2.05, 4.69) is 12.0 Å². The van der Waals surface area contributed by atoms with E-state index in [1.54, 1.807) is 0 Å². The van der Waals surface area contributed by atoms with Gasteiger partial charge in [-0.15, -0.1) is 0 Å². The smallest absolute Gasteiger partial charge is 0.0848 e. The number of aliphatic hydroxyl groups is 1. The average Bonchev–Trinajstić information content (AvgIpc) is 2.64. The molecule has 0 aromatic carbocycles. The summed E-state index contributed by atoms with van der Waals surface area (Å²) >= 11 is 0. The Bertz CT molecular complexity index is 327. The molecule has 3 nitrogen and oxygen atoms in total. The van der Waals surface area contributed by atoms with Gasteiger partial charge in [0, 0.05) is 18.3 Å². The van der Waals surface area contributed by atoms with Crippen molar-refractivity contribution in [1.29, 1.82) is 0 Å². The molecule has 1 unspecified atom stereocenters. The summed E-state index contributed by atoms with van der Waals surface area (Å²) in [5.74, 6) is 0.441. The molecule has 1 aliphatic carbocycles. The van der Waals surface area contributed by atoms with Crippen molar-refractivity contribution in [3.05, 3.63) is 18.0 Å². The molecule has 17 heavy (non-hydrogen) atoms. The van der Waals surface area contributed by atoms with E-state index in [0.717, 1.165) is 18.5 Å². The molecule has 0 amide bonds. The van der Waals surface area contributed by atoms with Gasteiger partial charge in [0.15, 0.2) is 0 Å². The highest BCUT2D eigenvalue weighted by atomic mass is 16.3. The van der Waals surface area contributed by atoms with Crippen LogP contribution in [0.1, 0.15) is 63.5 Å². The molecule has 1 fully saturated rings. The van der Waals surface area contributed by atoms with Crippen molar-refractivity contribution < 1.29 is 5.11 Å². The monoisotopic (exact) mass is 236 g/mol. The third kappa shape index (κ3) is 3.32. The summed E-state index contributed by atoms with van der Waals surface area (Å²) in [6.07, 6.45) is 12.2. The van der Waals surface area contributed by atoms with Crippen molar-refractivity contribution in [3.63, 3.8) is 0 Å². The van der Waals surface area contributed by atoms with Crippen LogP contribution >= 0.6 is 0 Å². The number of aryl methyl sites for hydroxylation is 1. The van der Waals surface area contributed by atoms with E-state index in [1.807, 2.05) is 17.1 Å². The maximum atomic E-state index is 10.4. The molecular weight excluding hydrogens is 212 g/mol. The molecule has 3 heteroatoms. The highest BCUT2D eigenvalue weighted by Gasteiger charge is 2.23. The van der Waals surface area contributed by atoms with Crippen LogP contribution in [-0.2, 0) is 6.54 Å². The van der Waals surface area contributed by atoms with Crippen LogP contribution in [0.2, 0.25) is 0 Å². The van der Waals surface area contributed by atoms with Gasteiger partial charge in [-0.1, -0.05) is 32.6 Å². The maximum Gasteiger partial charge on any atom is 0.0848 e. The number of rotatable bonds is 4. The van der Waals surface area contributed by atoms with E-state index in [4.69, 9.17) is 0 Å². The quantitative estimate of drug-likeness (QED) is 0.815. The predicted octanol–water partition coefficient (Wildman–Crippen LogP) is 3.30. The molecule has 1 heterocycles. The summed E-state index contributed by atoms with van der Waals surface area (Å²) in [4.78, 5) is 0. The zero-order valence-electron chi connectivity index (χ0n) is 10.8. The summed E-state index contributed by atoms with van der Waals surface area (Å²) in [6.45, 7) is 3.08. The minimum atomic E-state index is -0.307. The molecule has 0 saturated heterocycles. The van der Waals surface area contributed by atoms with Gasteiger partial charge in [-0.2, -0.15) is 5.10 Å². The second-order valence-electron chi connectivity index (χ2n) is 5.23. The van der Waals surface area contributed by atoms with Gasteiger partial charge in [-0.25, -0.2) is 0 Å². The third-order valence-electron chi connectivity index (χ3n) is 3.79. The minimum absolute atomic E-state index is 0.307. The Morgan fingerprint density at radius 1 is 1.35 bits per heavy atom. The number of hydrogen-bond acceptors (Lipinski definition) is 2. The number of aliphatic hydroxyl groups excluding tert-OH is 1. The Morgan fingerprint density at radius 3 is 2.71 bits per heavy atom. The van der Waals surface area contributed by atoms with E-state index >= 15 is 0 Å². The minimum Gasteiger partial charge on any atom is -0.388 e. The maximum absolute atomic E-state index is 10.4. The molecule has 96 valence electrons. The number of hydrogen-bond donors (Lipinski definition) is 1. The van der Waals surface area contributed by atoms with Gasteiger partial charge >= 0.3 is 0 Å². The van der Waals surface area contributed by atoms with E-state index < -0.39 is 0 Å². The van der Waals surface area contributed by atoms with E-state index in [-0.39, 0.29) is 6.10 Å². The van der Waals surface area contributed by atoms with Crippen LogP contribution in [0.15, 0.2) is 12.4 Å². The SMILES string of the molecule is CCCn1cc(C(O)C2CCCCCC2)cn1. The van der Waals surface area contributed by atoms with Gasteiger partial charge in [-0.3, -0.25) is 4.68 Å². The normalized spacial score (nSPS) is 20.1. The number of aromatic nitrogens is 2. The molecule has 0 radical (unpaired) electrons. The lowest BCUT2D eigenvalue weighted by atomic mass is 9.91. The Kier molecular flexibility index (Phi) is 4.60. The summed E-state index contributed by atoms with van der Waals surface area (Å²) in [5.41, 5.74) is 1.00. The molecule has 1 aromatic rings. The molecule has 1 saturated carbocycles. The molecular formula is C14H24N2O. The van der Waals surface area contributed by atoms with Gasteiger partial charge in [0.25, 0.3) is 0 Å². The van der Waals surface area contributed by atoms with Gasteiger partial charge in [0.05, 0.1) is 12.3 Å². The van der Waals surface area contributed by atoms with Gasteiger partial charge in [-0.05, 0) is 25.2 Å². The highest BCUT2D eigenvalue weighted by molar-refractivity contribution is 5.09. The van der Waals surface area contributed by atoms with Crippen LogP contribution in [0, 0.1) is 5.92 Å². The fourth-order valence-electron chi connectivity index (χ4n) is 2.78. The molecule has 1 aromatic heterocycles. The highest BCUT2D eigenvalue weighted by Crippen LogP contribution is 2.33. The van der Waals surface area contributed by atoms with E-state index in [0.29, 0.717) is 5.92 Å². The van der Waals surface area contributed by atoms with Crippen molar-refractivity contribution >= 4 is 0 Å². The second kappa shape index (κ2) is 6.20. The van der Waals surface area contributed by atoms with E-state index in [1.165, 1.54) is 38.5 Å². The van der Waals surface area contributed by atoms with Gasteiger partial charge < -0.3 is 5.11 Å². The zero-order valence-corrected chi connectivity index (χ0v) is 10.8. The van der Waals surface area contributed by atoms with Crippen LogP contribution in [0.3, 0.4) is 0 Å². The van der Waals surface area contributed by atoms with Crippen molar-refractivity contribution in [3.8, 4) is 0 Å². The van der Waals surface area contributed by atoms with Gasteiger partial charge in [0.1, 0.15) is 0 Å². The summed E-state index contributed by atoms with van der Waals surface area (Å²) in [6, 6.07) is 0. The standard InChI is InChI=1S/C14H24N2O/c1-2-9-16-11-13(10-15-16)14(17)12-7-5-3-4-6-8-12/h10-12,14,17H,2-9H2,1H3. The van der Waals surface area contributed by atoms with Crippen LogP contribution in [0.25, 0.3) is 0 Å². The molecule has 1 aliphatic rings. The molecule has 1 N–H and O–H groups in total. The lowest BCUT2D eigenvalue weighted by Gasteiger charge is -2.19. The first-order valence-corrected chi connectivity index (χ1v) is 7.01. The Labute approximate surface area is 104 Å². The predicted molar refractivity (Wildman–Crippen MR) is 68.7 cm³/mol. The van der Waals surface area contributed by atoms with Crippen molar-refractivity contribution in [2.24, 2.45) is 5.92 Å². The molecule has 2 rings (SSSR count). The molecule has 0 bridgehead atoms. The van der Waals surface area contributed by atoms with Crippen LogP contribution in [-0.4, -0.2) is 14.9 Å². The van der Waals surface area contributed by atoms with Crippen LogP contribution in [0.4, 0.5) is 0 Å². The fraction of sp³-hybridized carbons (Fsp3) is 0.786. The summed E-state index contributed by atoms with van der Waals surface area (Å²) in [7, 11) is 0. The average molecular weight is 236 g/mol. The first-order valence-electron chi connectivity index (χ1n) is 7.01.